The number of nitrogens with one attached hydrogen (secondary N) is 2. The summed E-state index contributed by atoms with van der Waals surface area (Å²) in [6, 6.07) is 8.60. The van der Waals surface area contributed by atoms with Crippen LogP contribution in [0.4, 0.5) is 0 Å². The van der Waals surface area contributed by atoms with Gasteiger partial charge >= 0.3 is 0 Å². The first kappa shape index (κ1) is 21.5. The molecule has 6 heteroatoms. The molecule has 1 atom stereocenters. The zero-order valence-corrected chi connectivity index (χ0v) is 17.5. The van der Waals surface area contributed by atoms with Gasteiger partial charge in [0.25, 0.3) is 0 Å². The molecule has 1 heterocycles. The lowest BCUT2D eigenvalue weighted by molar-refractivity contribution is 0.245. The molecule has 1 aliphatic rings. The van der Waals surface area contributed by atoms with E-state index in [0.717, 1.165) is 57.4 Å². The summed E-state index contributed by atoms with van der Waals surface area (Å²) in [6.07, 6.45) is 3.62. The van der Waals surface area contributed by atoms with E-state index < -0.39 is 0 Å². The van der Waals surface area contributed by atoms with Crippen LogP contribution in [0, 0.1) is 0 Å². The molecule has 1 aliphatic heterocycles. The highest BCUT2D eigenvalue weighted by atomic mass is 16.5. The van der Waals surface area contributed by atoms with Crippen LogP contribution in [0.1, 0.15) is 37.8 Å². The van der Waals surface area contributed by atoms with E-state index in [-0.39, 0.29) is 6.04 Å². The van der Waals surface area contributed by atoms with Crippen molar-refractivity contribution < 1.29 is 4.74 Å². The molecular weight excluding hydrogens is 338 g/mol. The van der Waals surface area contributed by atoms with Gasteiger partial charge in [0.15, 0.2) is 5.96 Å². The van der Waals surface area contributed by atoms with Gasteiger partial charge in [-0.25, -0.2) is 0 Å². The molecule has 2 rings (SSSR count). The van der Waals surface area contributed by atoms with Gasteiger partial charge in [0.05, 0.1) is 19.7 Å². The van der Waals surface area contributed by atoms with Crippen LogP contribution in [-0.4, -0.2) is 76.2 Å². The van der Waals surface area contributed by atoms with E-state index in [2.05, 4.69) is 53.6 Å². The van der Waals surface area contributed by atoms with Crippen LogP contribution in [0.2, 0.25) is 0 Å². The molecule has 0 radical (unpaired) electrons. The second-order valence-corrected chi connectivity index (χ2v) is 7.30. The number of methoxy groups -OCH3 is 1. The fraction of sp³-hybridized carbons (Fsp3) is 0.667. The molecular formula is C21H37N5O. The van der Waals surface area contributed by atoms with Crippen LogP contribution in [0.3, 0.4) is 0 Å². The fourth-order valence-corrected chi connectivity index (χ4v) is 3.53. The lowest BCUT2D eigenvalue weighted by atomic mass is 10.0. The zero-order valence-electron chi connectivity index (χ0n) is 17.5. The Balaban J connectivity index is 2.08. The molecule has 2 N–H and O–H groups in total. The molecule has 152 valence electrons. The van der Waals surface area contributed by atoms with Gasteiger partial charge in [-0.15, -0.1) is 0 Å². The van der Waals surface area contributed by atoms with E-state index >= 15 is 0 Å². The van der Waals surface area contributed by atoms with Crippen molar-refractivity contribution in [1.29, 1.82) is 0 Å². The van der Waals surface area contributed by atoms with Crippen LogP contribution < -0.4 is 15.4 Å². The number of hydrogen-bond donors (Lipinski definition) is 2. The molecule has 0 bridgehead atoms. The molecule has 0 spiro atoms. The number of rotatable bonds is 10. The maximum Gasteiger partial charge on any atom is 0.191 e. The van der Waals surface area contributed by atoms with Gasteiger partial charge in [-0.1, -0.05) is 18.2 Å². The van der Waals surface area contributed by atoms with E-state index in [4.69, 9.17) is 9.73 Å². The van der Waals surface area contributed by atoms with Crippen molar-refractivity contribution in [2.24, 2.45) is 4.99 Å². The van der Waals surface area contributed by atoms with Crippen molar-refractivity contribution in [3.05, 3.63) is 29.8 Å². The van der Waals surface area contributed by atoms with Gasteiger partial charge in [-0.3, -0.25) is 9.89 Å². The van der Waals surface area contributed by atoms with Crippen molar-refractivity contribution in [1.82, 2.24) is 20.4 Å². The second-order valence-electron chi connectivity index (χ2n) is 7.30. The molecule has 1 saturated heterocycles. The summed E-state index contributed by atoms with van der Waals surface area (Å²) in [5.74, 6) is 1.85. The number of benzene rings is 1. The van der Waals surface area contributed by atoms with Crippen LogP contribution in [0.25, 0.3) is 0 Å². The Morgan fingerprint density at radius 3 is 2.63 bits per heavy atom. The largest absolute Gasteiger partial charge is 0.496 e. The maximum atomic E-state index is 5.63. The first-order valence-electron chi connectivity index (χ1n) is 10.2. The molecule has 0 aromatic heterocycles. The third kappa shape index (κ3) is 7.03. The summed E-state index contributed by atoms with van der Waals surface area (Å²) >= 11 is 0. The Kier molecular flexibility index (Phi) is 9.42. The fourth-order valence-electron chi connectivity index (χ4n) is 3.53. The highest BCUT2D eigenvalue weighted by molar-refractivity contribution is 5.79. The SMILES string of the molecule is CCNC(=NCC(c1ccccc1OC)N1CCCC1)NCCCN(C)C. The number of likely N-dealkylation sites (tertiary alicyclic amines) is 1. The first-order valence-corrected chi connectivity index (χ1v) is 10.2. The van der Waals surface area contributed by atoms with Gasteiger partial charge in [0.1, 0.15) is 5.75 Å². The number of guanidine groups is 1. The van der Waals surface area contributed by atoms with E-state index in [0.29, 0.717) is 0 Å². The van der Waals surface area contributed by atoms with Crippen molar-refractivity contribution in [3.8, 4) is 5.75 Å². The highest BCUT2D eigenvalue weighted by Crippen LogP contribution is 2.31. The molecule has 1 fully saturated rings. The standard InChI is InChI=1S/C21H37N5O/c1-5-22-21(23-13-10-14-25(2)3)24-17-19(26-15-8-9-16-26)18-11-6-7-12-20(18)27-4/h6-7,11-12,19H,5,8-10,13-17H2,1-4H3,(H2,22,23,24). The Morgan fingerprint density at radius 1 is 1.22 bits per heavy atom. The van der Waals surface area contributed by atoms with Gasteiger partial charge in [0.2, 0.25) is 0 Å². The number of ether oxygens (including phenoxy) is 1. The summed E-state index contributed by atoms with van der Waals surface area (Å²) in [6.45, 7) is 7.95. The third-order valence-electron chi connectivity index (χ3n) is 4.92. The van der Waals surface area contributed by atoms with Gasteiger partial charge in [0, 0.05) is 18.7 Å². The van der Waals surface area contributed by atoms with Crippen LogP contribution in [-0.2, 0) is 0 Å². The summed E-state index contributed by atoms with van der Waals surface area (Å²) in [4.78, 5) is 9.65. The van der Waals surface area contributed by atoms with Crippen molar-refractivity contribution >= 4 is 5.96 Å². The molecule has 1 aromatic rings. The van der Waals surface area contributed by atoms with Gasteiger partial charge < -0.3 is 20.3 Å². The molecule has 6 nitrogen and oxygen atoms in total. The van der Waals surface area contributed by atoms with E-state index in [1.807, 2.05) is 12.1 Å². The number of nitrogens with zero attached hydrogens (tertiary/aromatic N) is 3. The second kappa shape index (κ2) is 11.8. The third-order valence-corrected chi connectivity index (χ3v) is 4.92. The quantitative estimate of drug-likeness (QED) is 0.373. The maximum absolute atomic E-state index is 5.63. The molecule has 27 heavy (non-hydrogen) atoms. The minimum atomic E-state index is 0.251. The molecule has 0 aliphatic carbocycles. The van der Waals surface area contributed by atoms with Gasteiger partial charge in [-0.05, 0) is 66.0 Å². The van der Waals surface area contributed by atoms with Crippen molar-refractivity contribution in [2.75, 3.05) is 60.5 Å². The molecule has 0 saturated carbocycles. The smallest absolute Gasteiger partial charge is 0.191 e. The predicted molar refractivity (Wildman–Crippen MR) is 114 cm³/mol. The summed E-state index contributed by atoms with van der Waals surface area (Å²) in [5, 5.41) is 6.84. The average Bonchev–Trinajstić information content (AvgIpc) is 3.20. The predicted octanol–water partition coefficient (Wildman–Crippen LogP) is 2.34. The number of para-hydroxylation sites is 1. The minimum Gasteiger partial charge on any atom is -0.496 e. The first-order chi connectivity index (χ1) is 13.2. The Morgan fingerprint density at radius 2 is 1.96 bits per heavy atom. The monoisotopic (exact) mass is 375 g/mol. The molecule has 1 unspecified atom stereocenters. The Bertz CT molecular complexity index is 569. The summed E-state index contributed by atoms with van der Waals surface area (Å²) in [7, 11) is 5.96. The van der Waals surface area contributed by atoms with Crippen LogP contribution >= 0.6 is 0 Å². The van der Waals surface area contributed by atoms with Crippen molar-refractivity contribution in [3.63, 3.8) is 0 Å². The molecule has 0 amide bonds. The Labute approximate surface area is 165 Å². The molecule has 1 aromatic carbocycles. The summed E-state index contributed by atoms with van der Waals surface area (Å²) in [5.41, 5.74) is 1.23. The van der Waals surface area contributed by atoms with Crippen LogP contribution in [0.15, 0.2) is 29.3 Å². The van der Waals surface area contributed by atoms with Crippen molar-refractivity contribution in [2.45, 2.75) is 32.2 Å². The highest BCUT2D eigenvalue weighted by Gasteiger charge is 2.25. The van der Waals surface area contributed by atoms with Crippen LogP contribution in [0.5, 0.6) is 5.75 Å². The lowest BCUT2D eigenvalue weighted by Crippen LogP contribution is -2.39. The number of aliphatic imine (C=N–C) groups is 1. The minimum absolute atomic E-state index is 0.251. The normalized spacial score (nSPS) is 16.6. The Hall–Kier alpha value is -1.79. The van der Waals surface area contributed by atoms with Gasteiger partial charge in [-0.2, -0.15) is 0 Å². The average molecular weight is 376 g/mol. The van der Waals surface area contributed by atoms with E-state index in [9.17, 15) is 0 Å². The topological polar surface area (TPSA) is 52.1 Å². The number of hydrogen-bond acceptors (Lipinski definition) is 4. The zero-order chi connectivity index (χ0) is 19.5. The van der Waals surface area contributed by atoms with E-state index in [1.54, 1.807) is 7.11 Å². The summed E-state index contributed by atoms with van der Waals surface area (Å²) < 4.78 is 5.63. The van der Waals surface area contributed by atoms with E-state index in [1.165, 1.54) is 18.4 Å². The lowest BCUT2D eigenvalue weighted by Gasteiger charge is -2.28.